The third-order valence-electron chi connectivity index (χ3n) is 3.77. The highest BCUT2D eigenvalue weighted by Gasteiger charge is 2.22. The number of thioether (sulfide) groups is 1. The summed E-state index contributed by atoms with van der Waals surface area (Å²) >= 11 is 7.08. The maximum Gasteiger partial charge on any atom is 0.316 e. The van der Waals surface area contributed by atoms with E-state index in [9.17, 15) is 14.4 Å². The zero-order chi connectivity index (χ0) is 17.4. The average molecular weight is 370 g/mol. The first-order chi connectivity index (χ1) is 11.5. The van der Waals surface area contributed by atoms with E-state index in [-0.39, 0.29) is 17.6 Å². The summed E-state index contributed by atoms with van der Waals surface area (Å²) < 4.78 is 4.89. The Labute approximate surface area is 150 Å². The van der Waals surface area contributed by atoms with Crippen molar-refractivity contribution < 1.29 is 19.1 Å². The van der Waals surface area contributed by atoms with Crippen molar-refractivity contribution in [1.29, 1.82) is 0 Å². The zero-order valence-electron chi connectivity index (χ0n) is 13.3. The van der Waals surface area contributed by atoms with Crippen molar-refractivity contribution in [3.63, 3.8) is 0 Å². The van der Waals surface area contributed by atoms with E-state index in [1.54, 1.807) is 24.3 Å². The Balaban J connectivity index is 1.64. The van der Waals surface area contributed by atoms with Crippen molar-refractivity contribution in [2.24, 2.45) is 5.92 Å². The van der Waals surface area contributed by atoms with E-state index < -0.39 is 18.5 Å². The fraction of sp³-hybridized carbons (Fsp3) is 0.471. The third-order valence-corrected chi connectivity index (χ3v) is 5.01. The average Bonchev–Trinajstić information content (AvgIpc) is 2.60. The molecule has 0 radical (unpaired) electrons. The zero-order valence-corrected chi connectivity index (χ0v) is 14.8. The fourth-order valence-electron chi connectivity index (χ4n) is 2.50. The van der Waals surface area contributed by atoms with Crippen LogP contribution in [0.1, 0.15) is 32.1 Å². The van der Waals surface area contributed by atoms with Crippen LogP contribution in [-0.4, -0.2) is 30.1 Å². The van der Waals surface area contributed by atoms with Gasteiger partial charge in [0.1, 0.15) is 0 Å². The predicted molar refractivity (Wildman–Crippen MR) is 92.9 cm³/mol. The van der Waals surface area contributed by atoms with Crippen LogP contribution in [0.15, 0.2) is 29.2 Å². The number of benzene rings is 1. The van der Waals surface area contributed by atoms with Crippen molar-refractivity contribution >= 4 is 41.1 Å². The Morgan fingerprint density at radius 2 is 1.79 bits per heavy atom. The summed E-state index contributed by atoms with van der Waals surface area (Å²) in [5.74, 6) is -1.35. The van der Waals surface area contributed by atoms with Gasteiger partial charge in [0.2, 0.25) is 5.91 Å². The van der Waals surface area contributed by atoms with Crippen molar-refractivity contribution in [2.45, 2.75) is 37.0 Å². The SMILES string of the molecule is O=C(COC(=O)CSc1ccc(Cl)cc1)NC(=O)C1CCCCC1. The van der Waals surface area contributed by atoms with Gasteiger partial charge in [0.05, 0.1) is 5.75 Å². The molecule has 0 aliphatic heterocycles. The van der Waals surface area contributed by atoms with Crippen LogP contribution in [0.25, 0.3) is 0 Å². The smallest absolute Gasteiger partial charge is 0.316 e. The molecule has 2 rings (SSSR count). The summed E-state index contributed by atoms with van der Waals surface area (Å²) in [5.41, 5.74) is 0. The van der Waals surface area contributed by atoms with E-state index in [4.69, 9.17) is 16.3 Å². The quantitative estimate of drug-likeness (QED) is 0.615. The lowest BCUT2D eigenvalue weighted by Gasteiger charge is -2.20. The number of esters is 1. The fourth-order valence-corrected chi connectivity index (χ4v) is 3.32. The van der Waals surface area contributed by atoms with Gasteiger partial charge in [-0.05, 0) is 37.1 Å². The van der Waals surface area contributed by atoms with Crippen LogP contribution < -0.4 is 5.32 Å². The highest BCUT2D eigenvalue weighted by molar-refractivity contribution is 8.00. The molecule has 24 heavy (non-hydrogen) atoms. The highest BCUT2D eigenvalue weighted by atomic mass is 35.5. The van der Waals surface area contributed by atoms with Gasteiger partial charge in [0.25, 0.3) is 5.91 Å². The summed E-state index contributed by atoms with van der Waals surface area (Å²) in [6, 6.07) is 7.07. The molecular formula is C17H20ClNO4S. The van der Waals surface area contributed by atoms with Crippen LogP contribution in [-0.2, 0) is 19.1 Å². The van der Waals surface area contributed by atoms with Gasteiger partial charge in [0.15, 0.2) is 6.61 Å². The molecule has 0 unspecified atom stereocenters. The molecule has 0 bridgehead atoms. The number of hydrogen-bond donors (Lipinski definition) is 1. The molecule has 1 aliphatic carbocycles. The molecule has 130 valence electrons. The first-order valence-electron chi connectivity index (χ1n) is 7.92. The molecule has 1 N–H and O–H groups in total. The Kier molecular flexibility index (Phi) is 7.59. The van der Waals surface area contributed by atoms with Crippen LogP contribution >= 0.6 is 23.4 Å². The first-order valence-corrected chi connectivity index (χ1v) is 9.28. The van der Waals surface area contributed by atoms with Gasteiger partial charge in [-0.3, -0.25) is 19.7 Å². The van der Waals surface area contributed by atoms with E-state index in [2.05, 4.69) is 5.32 Å². The van der Waals surface area contributed by atoms with E-state index >= 15 is 0 Å². The van der Waals surface area contributed by atoms with Gasteiger partial charge in [0, 0.05) is 15.8 Å². The molecule has 1 saturated carbocycles. The van der Waals surface area contributed by atoms with E-state index in [1.165, 1.54) is 11.8 Å². The largest absolute Gasteiger partial charge is 0.455 e. The number of nitrogens with one attached hydrogen (secondary N) is 1. The summed E-state index contributed by atoms with van der Waals surface area (Å²) in [6.07, 6.45) is 4.81. The van der Waals surface area contributed by atoms with Crippen LogP contribution in [0, 0.1) is 5.92 Å². The van der Waals surface area contributed by atoms with Crippen molar-refractivity contribution in [2.75, 3.05) is 12.4 Å². The van der Waals surface area contributed by atoms with Crippen LogP contribution in [0.5, 0.6) is 0 Å². The van der Waals surface area contributed by atoms with Gasteiger partial charge < -0.3 is 4.74 Å². The molecule has 5 nitrogen and oxygen atoms in total. The summed E-state index contributed by atoms with van der Waals surface area (Å²) in [7, 11) is 0. The number of halogens is 1. The van der Waals surface area contributed by atoms with Crippen LogP contribution in [0.2, 0.25) is 5.02 Å². The summed E-state index contributed by atoms with van der Waals surface area (Å²) in [5, 5.41) is 2.93. The summed E-state index contributed by atoms with van der Waals surface area (Å²) in [4.78, 5) is 36.1. The number of ether oxygens (including phenoxy) is 1. The lowest BCUT2D eigenvalue weighted by atomic mass is 9.89. The third kappa shape index (κ3) is 6.53. The van der Waals surface area contributed by atoms with Crippen molar-refractivity contribution in [3.8, 4) is 0 Å². The second-order valence-electron chi connectivity index (χ2n) is 5.65. The molecule has 7 heteroatoms. The number of carbonyl (C=O) groups is 3. The Bertz CT molecular complexity index is 585. The first kappa shape index (κ1) is 18.8. The Morgan fingerprint density at radius 3 is 2.46 bits per heavy atom. The monoisotopic (exact) mass is 369 g/mol. The molecule has 0 atom stereocenters. The molecule has 2 amide bonds. The molecule has 1 aliphatic rings. The number of amides is 2. The minimum atomic E-state index is -0.574. The lowest BCUT2D eigenvalue weighted by molar-refractivity contribution is -0.147. The minimum Gasteiger partial charge on any atom is -0.455 e. The molecule has 0 heterocycles. The van der Waals surface area contributed by atoms with Crippen molar-refractivity contribution in [3.05, 3.63) is 29.3 Å². The second kappa shape index (κ2) is 9.69. The van der Waals surface area contributed by atoms with E-state index in [0.717, 1.165) is 37.0 Å². The number of rotatable bonds is 6. The standard InChI is InChI=1S/C17H20ClNO4S/c18-13-6-8-14(9-7-13)24-11-16(21)23-10-15(20)19-17(22)12-4-2-1-3-5-12/h6-9,12H,1-5,10-11H2,(H,19,20,22). The maximum absolute atomic E-state index is 11.9. The molecule has 1 aromatic rings. The predicted octanol–water partition coefficient (Wildman–Crippen LogP) is 3.20. The van der Waals surface area contributed by atoms with Crippen LogP contribution in [0.3, 0.4) is 0 Å². The van der Waals surface area contributed by atoms with Crippen molar-refractivity contribution in [1.82, 2.24) is 5.32 Å². The lowest BCUT2D eigenvalue weighted by Crippen LogP contribution is -2.39. The summed E-state index contributed by atoms with van der Waals surface area (Å²) in [6.45, 7) is -0.432. The molecule has 1 aromatic carbocycles. The molecular weight excluding hydrogens is 350 g/mol. The molecule has 0 aromatic heterocycles. The van der Waals surface area contributed by atoms with Gasteiger partial charge in [-0.15, -0.1) is 11.8 Å². The molecule has 1 fully saturated rings. The van der Waals surface area contributed by atoms with E-state index in [1.807, 2.05) is 0 Å². The maximum atomic E-state index is 11.9. The van der Waals surface area contributed by atoms with E-state index in [0.29, 0.717) is 5.02 Å². The normalized spacial score (nSPS) is 14.9. The topological polar surface area (TPSA) is 72.5 Å². The minimum absolute atomic E-state index is 0.0888. The number of carbonyl (C=O) groups excluding carboxylic acids is 3. The molecule has 0 saturated heterocycles. The van der Waals surface area contributed by atoms with Gasteiger partial charge >= 0.3 is 5.97 Å². The van der Waals surface area contributed by atoms with Gasteiger partial charge in [-0.2, -0.15) is 0 Å². The van der Waals surface area contributed by atoms with Gasteiger partial charge in [-0.1, -0.05) is 30.9 Å². The number of imide groups is 1. The highest BCUT2D eigenvalue weighted by Crippen LogP contribution is 2.23. The van der Waals surface area contributed by atoms with Gasteiger partial charge in [-0.25, -0.2) is 0 Å². The molecule has 0 spiro atoms. The van der Waals surface area contributed by atoms with Crippen LogP contribution in [0.4, 0.5) is 0 Å². The second-order valence-corrected chi connectivity index (χ2v) is 7.14. The Hall–Kier alpha value is -1.53. The number of hydrogen-bond acceptors (Lipinski definition) is 5. The Morgan fingerprint density at radius 1 is 1.12 bits per heavy atom.